The molecule has 0 unspecified atom stereocenters. The second-order valence-electron chi connectivity index (χ2n) is 6.84. The SMILES string of the molecule is C[C@@H]1Oc2ccccc2[C@H]2CC(c3ccc(-c4ccccc4)cc3)=NN12. The van der Waals surface area contributed by atoms with Crippen LogP contribution < -0.4 is 4.74 Å². The normalized spacial score (nSPS) is 20.8. The van der Waals surface area contributed by atoms with Gasteiger partial charge in [-0.05, 0) is 29.7 Å². The zero-order valence-corrected chi connectivity index (χ0v) is 14.7. The maximum Gasteiger partial charge on any atom is 0.185 e. The van der Waals surface area contributed by atoms with Gasteiger partial charge < -0.3 is 4.74 Å². The Morgan fingerprint density at radius 3 is 2.27 bits per heavy atom. The van der Waals surface area contributed by atoms with E-state index in [-0.39, 0.29) is 12.3 Å². The maximum absolute atomic E-state index is 6.03. The predicted molar refractivity (Wildman–Crippen MR) is 104 cm³/mol. The van der Waals surface area contributed by atoms with Crippen LogP contribution in [0.1, 0.15) is 30.5 Å². The van der Waals surface area contributed by atoms with E-state index in [4.69, 9.17) is 9.84 Å². The van der Waals surface area contributed by atoms with Crippen molar-refractivity contribution in [3.8, 4) is 16.9 Å². The van der Waals surface area contributed by atoms with Gasteiger partial charge in [-0.1, -0.05) is 72.8 Å². The van der Waals surface area contributed by atoms with Gasteiger partial charge in [-0.25, -0.2) is 0 Å². The highest BCUT2D eigenvalue weighted by atomic mass is 16.5. The molecule has 3 heteroatoms. The van der Waals surface area contributed by atoms with E-state index in [0.717, 1.165) is 17.9 Å². The molecule has 2 aliphatic rings. The lowest BCUT2D eigenvalue weighted by atomic mass is 9.95. The molecule has 0 aromatic heterocycles. The first-order chi connectivity index (χ1) is 12.8. The molecule has 3 aromatic rings. The van der Waals surface area contributed by atoms with E-state index in [1.54, 1.807) is 0 Å². The lowest BCUT2D eigenvalue weighted by Crippen LogP contribution is -2.37. The van der Waals surface area contributed by atoms with Crippen molar-refractivity contribution in [3.63, 3.8) is 0 Å². The van der Waals surface area contributed by atoms with E-state index in [1.165, 1.54) is 22.3 Å². The van der Waals surface area contributed by atoms with Gasteiger partial charge in [-0.3, -0.25) is 5.01 Å². The third-order valence-electron chi connectivity index (χ3n) is 5.22. The minimum atomic E-state index is -0.0454. The molecule has 0 radical (unpaired) electrons. The molecule has 0 fully saturated rings. The Kier molecular flexibility index (Phi) is 3.52. The van der Waals surface area contributed by atoms with Crippen LogP contribution in [0.4, 0.5) is 0 Å². The predicted octanol–water partition coefficient (Wildman–Crippen LogP) is 5.24. The van der Waals surface area contributed by atoms with Crippen molar-refractivity contribution in [2.45, 2.75) is 25.6 Å². The summed E-state index contributed by atoms with van der Waals surface area (Å²) in [5.41, 5.74) is 6.00. The number of hydrazone groups is 1. The molecule has 3 nitrogen and oxygen atoms in total. The lowest BCUT2D eigenvalue weighted by molar-refractivity contribution is -0.00334. The summed E-state index contributed by atoms with van der Waals surface area (Å²) in [4.78, 5) is 0. The Balaban J connectivity index is 1.45. The van der Waals surface area contributed by atoms with Crippen molar-refractivity contribution in [3.05, 3.63) is 90.0 Å². The van der Waals surface area contributed by atoms with Crippen molar-refractivity contribution < 1.29 is 4.74 Å². The van der Waals surface area contributed by atoms with Gasteiger partial charge in [0.1, 0.15) is 5.75 Å². The Hall–Kier alpha value is -3.07. The van der Waals surface area contributed by atoms with Crippen molar-refractivity contribution in [1.29, 1.82) is 0 Å². The summed E-state index contributed by atoms with van der Waals surface area (Å²) in [5, 5.41) is 6.99. The fourth-order valence-corrected chi connectivity index (χ4v) is 3.88. The first kappa shape index (κ1) is 15.2. The molecule has 0 amide bonds. The van der Waals surface area contributed by atoms with Crippen LogP contribution in [0.5, 0.6) is 5.75 Å². The van der Waals surface area contributed by atoms with Gasteiger partial charge in [-0.2, -0.15) is 5.10 Å². The molecule has 3 aromatic carbocycles. The fourth-order valence-electron chi connectivity index (χ4n) is 3.88. The van der Waals surface area contributed by atoms with E-state index < -0.39 is 0 Å². The number of hydrogen-bond donors (Lipinski definition) is 0. The highest BCUT2D eigenvalue weighted by Gasteiger charge is 2.37. The molecule has 0 bridgehead atoms. The van der Waals surface area contributed by atoms with Gasteiger partial charge in [-0.15, -0.1) is 0 Å². The van der Waals surface area contributed by atoms with E-state index in [0.29, 0.717) is 0 Å². The second kappa shape index (κ2) is 6.03. The summed E-state index contributed by atoms with van der Waals surface area (Å²) >= 11 is 0. The van der Waals surface area contributed by atoms with Crippen LogP contribution in [0.25, 0.3) is 11.1 Å². The molecular formula is C23H20N2O. The number of nitrogens with zero attached hydrogens (tertiary/aromatic N) is 2. The van der Waals surface area contributed by atoms with E-state index in [2.05, 4.69) is 78.7 Å². The average Bonchev–Trinajstić information content (AvgIpc) is 3.15. The molecule has 0 saturated carbocycles. The zero-order chi connectivity index (χ0) is 17.5. The van der Waals surface area contributed by atoms with Gasteiger partial charge in [0.2, 0.25) is 0 Å². The van der Waals surface area contributed by atoms with Gasteiger partial charge in [0, 0.05) is 12.0 Å². The molecule has 0 N–H and O–H groups in total. The monoisotopic (exact) mass is 340 g/mol. The molecule has 26 heavy (non-hydrogen) atoms. The highest BCUT2D eigenvalue weighted by molar-refractivity contribution is 6.02. The van der Waals surface area contributed by atoms with Crippen molar-refractivity contribution in [1.82, 2.24) is 5.01 Å². The third kappa shape index (κ3) is 2.48. The highest BCUT2D eigenvalue weighted by Crippen LogP contribution is 2.42. The quantitative estimate of drug-likeness (QED) is 0.637. The number of rotatable bonds is 2. The first-order valence-electron chi connectivity index (χ1n) is 9.07. The zero-order valence-electron chi connectivity index (χ0n) is 14.7. The minimum Gasteiger partial charge on any atom is -0.469 e. The van der Waals surface area contributed by atoms with Crippen LogP contribution in [-0.2, 0) is 0 Å². The van der Waals surface area contributed by atoms with Crippen LogP contribution in [0, 0.1) is 0 Å². The van der Waals surface area contributed by atoms with E-state index >= 15 is 0 Å². The van der Waals surface area contributed by atoms with Crippen LogP contribution in [0.3, 0.4) is 0 Å². The Morgan fingerprint density at radius 1 is 0.808 bits per heavy atom. The summed E-state index contributed by atoms with van der Waals surface area (Å²) in [6, 6.07) is 27.7. The summed E-state index contributed by atoms with van der Waals surface area (Å²) < 4.78 is 6.03. The van der Waals surface area contributed by atoms with E-state index in [1.807, 2.05) is 12.1 Å². The third-order valence-corrected chi connectivity index (χ3v) is 5.22. The number of ether oxygens (including phenoxy) is 1. The molecule has 5 rings (SSSR count). The lowest BCUT2D eigenvalue weighted by Gasteiger charge is -2.36. The van der Waals surface area contributed by atoms with Crippen molar-refractivity contribution in [2.75, 3.05) is 0 Å². The number of para-hydroxylation sites is 1. The molecule has 0 spiro atoms. The summed E-state index contributed by atoms with van der Waals surface area (Å²) in [6.07, 6.45) is 0.867. The van der Waals surface area contributed by atoms with Gasteiger partial charge in [0.25, 0.3) is 0 Å². The van der Waals surface area contributed by atoms with Gasteiger partial charge in [0.05, 0.1) is 11.8 Å². The van der Waals surface area contributed by atoms with Crippen LogP contribution in [0.2, 0.25) is 0 Å². The number of fused-ring (bicyclic) bond motifs is 3. The largest absolute Gasteiger partial charge is 0.469 e. The summed E-state index contributed by atoms with van der Waals surface area (Å²) in [7, 11) is 0. The number of benzene rings is 3. The molecular weight excluding hydrogens is 320 g/mol. The molecule has 0 saturated heterocycles. The minimum absolute atomic E-state index is 0.0454. The summed E-state index contributed by atoms with van der Waals surface area (Å²) in [6.45, 7) is 2.06. The topological polar surface area (TPSA) is 24.8 Å². The molecule has 2 heterocycles. The fraction of sp³-hybridized carbons (Fsp3) is 0.174. The van der Waals surface area contributed by atoms with Crippen LogP contribution in [0.15, 0.2) is 84.0 Å². The molecule has 2 aliphatic heterocycles. The molecule has 0 aliphatic carbocycles. The smallest absolute Gasteiger partial charge is 0.185 e. The molecule has 2 atom stereocenters. The Bertz CT molecular complexity index is 963. The van der Waals surface area contributed by atoms with Gasteiger partial charge >= 0.3 is 0 Å². The Morgan fingerprint density at radius 2 is 1.46 bits per heavy atom. The van der Waals surface area contributed by atoms with Gasteiger partial charge in [0.15, 0.2) is 6.23 Å². The van der Waals surface area contributed by atoms with E-state index in [9.17, 15) is 0 Å². The Labute approximate surface area is 153 Å². The maximum atomic E-state index is 6.03. The number of hydrogen-bond acceptors (Lipinski definition) is 3. The average molecular weight is 340 g/mol. The van der Waals surface area contributed by atoms with Crippen LogP contribution >= 0.6 is 0 Å². The van der Waals surface area contributed by atoms with Crippen molar-refractivity contribution >= 4 is 5.71 Å². The summed E-state index contributed by atoms with van der Waals surface area (Å²) in [5.74, 6) is 0.983. The second-order valence-corrected chi connectivity index (χ2v) is 6.84. The molecule has 128 valence electrons. The van der Waals surface area contributed by atoms with Crippen molar-refractivity contribution in [2.24, 2.45) is 5.10 Å². The van der Waals surface area contributed by atoms with Crippen LogP contribution in [-0.4, -0.2) is 16.9 Å². The standard InChI is InChI=1S/C23H20N2O/c1-16-25-22(20-9-5-6-10-23(20)26-16)15-21(24-25)19-13-11-18(12-14-19)17-7-3-2-4-8-17/h2-14,16,22H,15H2,1H3/t16-,22+/m0/s1. The first-order valence-corrected chi connectivity index (χ1v) is 9.07.